The minimum Gasteiger partial charge on any atom is -0.497 e. The standard InChI is InChI=1S/C23H27NO3/c1-18-6-3-4-9-21(18)23(12-14-27-15-13-23)17-24-22(25)11-10-19-7-5-8-20(16-19)26-2/h3-11,16H,12-15,17H2,1-2H3,(H,24,25)/b11-10+. The highest BCUT2D eigenvalue weighted by Crippen LogP contribution is 2.36. The van der Waals surface area contributed by atoms with E-state index in [2.05, 4.69) is 36.5 Å². The molecule has 1 amide bonds. The average Bonchev–Trinajstić information content (AvgIpc) is 2.72. The van der Waals surface area contributed by atoms with Gasteiger partial charge in [0.05, 0.1) is 7.11 Å². The maximum atomic E-state index is 12.4. The summed E-state index contributed by atoms with van der Waals surface area (Å²) in [5, 5.41) is 3.11. The molecule has 4 heteroatoms. The Kier molecular flexibility index (Phi) is 6.30. The van der Waals surface area contributed by atoms with Crippen molar-refractivity contribution in [2.45, 2.75) is 25.2 Å². The Hall–Kier alpha value is -2.59. The summed E-state index contributed by atoms with van der Waals surface area (Å²) < 4.78 is 10.8. The van der Waals surface area contributed by atoms with Crippen molar-refractivity contribution in [3.05, 3.63) is 71.3 Å². The largest absolute Gasteiger partial charge is 0.497 e. The highest BCUT2D eigenvalue weighted by atomic mass is 16.5. The predicted molar refractivity (Wildman–Crippen MR) is 108 cm³/mol. The number of nitrogens with one attached hydrogen (secondary N) is 1. The van der Waals surface area contributed by atoms with Crippen molar-refractivity contribution < 1.29 is 14.3 Å². The number of hydrogen-bond donors (Lipinski definition) is 1. The van der Waals surface area contributed by atoms with E-state index in [0.29, 0.717) is 6.54 Å². The van der Waals surface area contributed by atoms with E-state index >= 15 is 0 Å². The van der Waals surface area contributed by atoms with E-state index in [4.69, 9.17) is 9.47 Å². The quantitative estimate of drug-likeness (QED) is 0.790. The number of ether oxygens (including phenoxy) is 2. The summed E-state index contributed by atoms with van der Waals surface area (Å²) in [6.07, 6.45) is 5.22. The van der Waals surface area contributed by atoms with E-state index in [0.717, 1.165) is 37.4 Å². The normalized spacial score (nSPS) is 16.2. The molecule has 1 aliphatic rings. The second kappa shape index (κ2) is 8.87. The number of carbonyl (C=O) groups excluding carboxylic acids is 1. The van der Waals surface area contributed by atoms with E-state index in [-0.39, 0.29) is 11.3 Å². The number of methoxy groups -OCH3 is 1. The zero-order valence-corrected chi connectivity index (χ0v) is 16.0. The van der Waals surface area contributed by atoms with Crippen molar-refractivity contribution in [2.75, 3.05) is 26.9 Å². The van der Waals surface area contributed by atoms with E-state index in [9.17, 15) is 4.79 Å². The van der Waals surface area contributed by atoms with Gasteiger partial charge in [-0.3, -0.25) is 4.79 Å². The summed E-state index contributed by atoms with van der Waals surface area (Å²) in [4.78, 5) is 12.4. The van der Waals surface area contributed by atoms with Gasteiger partial charge in [0.15, 0.2) is 0 Å². The van der Waals surface area contributed by atoms with Gasteiger partial charge in [0, 0.05) is 31.2 Å². The summed E-state index contributed by atoms with van der Waals surface area (Å²) in [7, 11) is 1.63. The Morgan fingerprint density at radius 2 is 1.96 bits per heavy atom. The molecule has 2 aromatic carbocycles. The van der Waals surface area contributed by atoms with Gasteiger partial charge in [0.1, 0.15) is 5.75 Å². The van der Waals surface area contributed by atoms with Crippen LogP contribution in [-0.4, -0.2) is 32.8 Å². The van der Waals surface area contributed by atoms with Crippen LogP contribution in [0.4, 0.5) is 0 Å². The van der Waals surface area contributed by atoms with Crippen LogP contribution in [0.5, 0.6) is 5.75 Å². The summed E-state index contributed by atoms with van der Waals surface area (Å²) in [6, 6.07) is 16.1. The molecule has 27 heavy (non-hydrogen) atoms. The van der Waals surface area contributed by atoms with Crippen LogP contribution in [-0.2, 0) is 14.9 Å². The number of benzene rings is 2. The molecular formula is C23H27NO3. The maximum Gasteiger partial charge on any atom is 0.244 e. The SMILES string of the molecule is COc1cccc(/C=C/C(=O)NCC2(c3ccccc3C)CCOCC2)c1. The third-order valence-corrected chi connectivity index (χ3v) is 5.29. The van der Waals surface area contributed by atoms with Crippen LogP contribution in [0.25, 0.3) is 6.08 Å². The first-order valence-corrected chi connectivity index (χ1v) is 9.37. The molecule has 4 nitrogen and oxygen atoms in total. The molecule has 1 fully saturated rings. The minimum atomic E-state index is -0.0859. The number of aryl methyl sites for hydroxylation is 1. The molecule has 1 N–H and O–H groups in total. The summed E-state index contributed by atoms with van der Waals surface area (Å²) >= 11 is 0. The molecule has 0 saturated carbocycles. The Balaban J connectivity index is 1.69. The van der Waals surface area contributed by atoms with Crippen LogP contribution >= 0.6 is 0 Å². The lowest BCUT2D eigenvalue weighted by Crippen LogP contribution is -2.44. The Bertz CT molecular complexity index is 807. The number of amides is 1. The molecule has 0 aliphatic carbocycles. The molecule has 1 heterocycles. The lowest BCUT2D eigenvalue weighted by molar-refractivity contribution is -0.116. The molecule has 3 rings (SSSR count). The van der Waals surface area contributed by atoms with Crippen molar-refractivity contribution in [3.63, 3.8) is 0 Å². The van der Waals surface area contributed by atoms with Crippen LogP contribution in [0.2, 0.25) is 0 Å². The average molecular weight is 365 g/mol. The van der Waals surface area contributed by atoms with Gasteiger partial charge in [0.2, 0.25) is 5.91 Å². The smallest absolute Gasteiger partial charge is 0.244 e. The monoisotopic (exact) mass is 365 g/mol. The lowest BCUT2D eigenvalue weighted by atomic mass is 9.72. The van der Waals surface area contributed by atoms with Gasteiger partial charge in [-0.25, -0.2) is 0 Å². The molecule has 0 spiro atoms. The highest BCUT2D eigenvalue weighted by Gasteiger charge is 2.35. The summed E-state index contributed by atoms with van der Waals surface area (Å²) in [5.41, 5.74) is 3.44. The van der Waals surface area contributed by atoms with Gasteiger partial charge >= 0.3 is 0 Å². The molecule has 1 aliphatic heterocycles. The molecule has 0 aromatic heterocycles. The number of hydrogen-bond acceptors (Lipinski definition) is 3. The van der Waals surface area contributed by atoms with Crippen molar-refractivity contribution in [1.29, 1.82) is 0 Å². The fraction of sp³-hybridized carbons (Fsp3) is 0.348. The van der Waals surface area contributed by atoms with Gasteiger partial charge < -0.3 is 14.8 Å². The van der Waals surface area contributed by atoms with E-state index in [1.807, 2.05) is 30.3 Å². The highest BCUT2D eigenvalue weighted by molar-refractivity contribution is 5.91. The molecule has 1 saturated heterocycles. The molecule has 0 bridgehead atoms. The lowest BCUT2D eigenvalue weighted by Gasteiger charge is -2.38. The summed E-state index contributed by atoms with van der Waals surface area (Å²) in [5.74, 6) is 0.690. The minimum absolute atomic E-state index is 0.0664. The van der Waals surface area contributed by atoms with Gasteiger partial charge in [-0.15, -0.1) is 0 Å². The molecule has 142 valence electrons. The Morgan fingerprint density at radius 3 is 2.70 bits per heavy atom. The Morgan fingerprint density at radius 1 is 1.19 bits per heavy atom. The van der Waals surface area contributed by atoms with Crippen LogP contribution in [0.3, 0.4) is 0 Å². The zero-order valence-electron chi connectivity index (χ0n) is 16.0. The van der Waals surface area contributed by atoms with Gasteiger partial charge in [-0.1, -0.05) is 36.4 Å². The van der Waals surface area contributed by atoms with Crippen LogP contribution < -0.4 is 10.1 Å². The molecule has 0 atom stereocenters. The van der Waals surface area contributed by atoms with Gasteiger partial charge in [-0.2, -0.15) is 0 Å². The van der Waals surface area contributed by atoms with Crippen LogP contribution in [0.15, 0.2) is 54.6 Å². The maximum absolute atomic E-state index is 12.4. The van der Waals surface area contributed by atoms with E-state index < -0.39 is 0 Å². The summed E-state index contributed by atoms with van der Waals surface area (Å²) in [6.45, 7) is 4.20. The van der Waals surface area contributed by atoms with Crippen molar-refractivity contribution in [3.8, 4) is 5.75 Å². The number of carbonyl (C=O) groups is 1. The predicted octanol–water partition coefficient (Wildman–Crippen LogP) is 3.88. The number of rotatable bonds is 6. The topological polar surface area (TPSA) is 47.6 Å². The third kappa shape index (κ3) is 4.77. The molecule has 0 unspecified atom stereocenters. The molecular weight excluding hydrogens is 338 g/mol. The van der Waals surface area contributed by atoms with Gasteiger partial charge in [0.25, 0.3) is 0 Å². The fourth-order valence-corrected chi connectivity index (χ4v) is 3.70. The first-order valence-electron chi connectivity index (χ1n) is 9.37. The third-order valence-electron chi connectivity index (χ3n) is 5.29. The zero-order chi connectivity index (χ0) is 19.1. The first-order chi connectivity index (χ1) is 13.1. The van der Waals surface area contributed by atoms with Crippen molar-refractivity contribution in [2.24, 2.45) is 0 Å². The first kappa shape index (κ1) is 19.2. The molecule has 0 radical (unpaired) electrons. The van der Waals surface area contributed by atoms with E-state index in [1.54, 1.807) is 13.2 Å². The Labute approximate surface area is 161 Å². The van der Waals surface area contributed by atoms with Crippen molar-refractivity contribution in [1.82, 2.24) is 5.32 Å². The molecule has 2 aromatic rings. The second-order valence-electron chi connectivity index (χ2n) is 7.04. The fourth-order valence-electron chi connectivity index (χ4n) is 3.70. The van der Waals surface area contributed by atoms with E-state index in [1.165, 1.54) is 11.1 Å². The van der Waals surface area contributed by atoms with Gasteiger partial charge in [-0.05, 0) is 54.7 Å². The van der Waals surface area contributed by atoms with Crippen LogP contribution in [0, 0.1) is 6.92 Å². The second-order valence-corrected chi connectivity index (χ2v) is 7.04. The van der Waals surface area contributed by atoms with Crippen molar-refractivity contribution >= 4 is 12.0 Å². The van der Waals surface area contributed by atoms with Crippen LogP contribution in [0.1, 0.15) is 29.5 Å².